The smallest absolute Gasteiger partial charge is 0.407 e. The van der Waals surface area contributed by atoms with Crippen LogP contribution in [0.4, 0.5) is 4.79 Å². The molecule has 0 radical (unpaired) electrons. The quantitative estimate of drug-likeness (QED) is 0.761. The van der Waals surface area contributed by atoms with E-state index in [1.807, 2.05) is 0 Å². The molecule has 110 valence electrons. The fraction of sp³-hybridized carbons (Fsp3) is 0.615. The van der Waals surface area contributed by atoms with Crippen LogP contribution < -0.4 is 5.32 Å². The van der Waals surface area contributed by atoms with Crippen LogP contribution >= 0.6 is 0 Å². The van der Waals surface area contributed by atoms with E-state index >= 15 is 0 Å². The molecule has 0 aliphatic heterocycles. The van der Waals surface area contributed by atoms with E-state index in [1.165, 1.54) is 0 Å². The number of nitrogens with zero attached hydrogens (tertiary/aromatic N) is 1. The van der Waals surface area contributed by atoms with Crippen molar-refractivity contribution in [2.45, 2.75) is 51.7 Å². The molecule has 1 aliphatic rings. The van der Waals surface area contributed by atoms with Gasteiger partial charge >= 0.3 is 12.1 Å². The second kappa shape index (κ2) is 5.15. The highest BCUT2D eigenvalue weighted by atomic mass is 16.6. The number of ether oxygens (including phenoxy) is 1. The number of aromatic carboxylic acids is 1. The van der Waals surface area contributed by atoms with E-state index in [1.54, 1.807) is 20.8 Å². The number of amides is 1. The molecular formula is C13H19N3O4. The van der Waals surface area contributed by atoms with Crippen molar-refractivity contribution >= 4 is 12.1 Å². The molecule has 1 unspecified atom stereocenters. The van der Waals surface area contributed by atoms with Crippen LogP contribution in [0.25, 0.3) is 0 Å². The van der Waals surface area contributed by atoms with Crippen LogP contribution in [0.1, 0.15) is 48.9 Å². The summed E-state index contributed by atoms with van der Waals surface area (Å²) in [6.07, 6.45) is 1.33. The molecule has 1 atom stereocenters. The molecule has 1 amide bonds. The van der Waals surface area contributed by atoms with Gasteiger partial charge in [-0.1, -0.05) is 0 Å². The zero-order valence-electron chi connectivity index (χ0n) is 11.8. The lowest BCUT2D eigenvalue weighted by Crippen LogP contribution is -2.41. The molecule has 1 aliphatic carbocycles. The molecular weight excluding hydrogens is 262 g/mol. The van der Waals surface area contributed by atoms with Crippen LogP contribution in [0.3, 0.4) is 0 Å². The number of carbonyl (C=O) groups excluding carboxylic acids is 1. The van der Waals surface area contributed by atoms with Gasteiger partial charge in [0.1, 0.15) is 5.60 Å². The SMILES string of the molecule is CC(C)(C)OC(=O)NC1CCc2c(C(=O)O)n[nH]c2C1. The summed E-state index contributed by atoms with van der Waals surface area (Å²) >= 11 is 0. The first-order valence-electron chi connectivity index (χ1n) is 6.55. The van der Waals surface area contributed by atoms with Crippen LogP contribution in [0.15, 0.2) is 0 Å². The molecule has 0 bridgehead atoms. The maximum Gasteiger partial charge on any atom is 0.407 e. The number of carboxylic acid groups (broad SMARTS) is 1. The van der Waals surface area contributed by atoms with Crippen molar-refractivity contribution in [1.82, 2.24) is 15.5 Å². The van der Waals surface area contributed by atoms with E-state index in [2.05, 4.69) is 15.5 Å². The van der Waals surface area contributed by atoms with E-state index in [0.717, 1.165) is 11.3 Å². The number of alkyl carbamates (subject to hydrolysis) is 1. The zero-order chi connectivity index (χ0) is 14.9. The number of carboxylic acids is 1. The van der Waals surface area contributed by atoms with Crippen LogP contribution in [0, 0.1) is 0 Å². The number of hydrogen-bond donors (Lipinski definition) is 3. The van der Waals surface area contributed by atoms with Gasteiger partial charge in [-0.25, -0.2) is 9.59 Å². The summed E-state index contributed by atoms with van der Waals surface area (Å²) in [4.78, 5) is 22.7. The highest BCUT2D eigenvalue weighted by Crippen LogP contribution is 2.23. The van der Waals surface area contributed by atoms with Gasteiger partial charge < -0.3 is 15.2 Å². The number of rotatable bonds is 2. The highest BCUT2D eigenvalue weighted by molar-refractivity contribution is 5.87. The second-order valence-electron chi connectivity index (χ2n) is 5.92. The summed E-state index contributed by atoms with van der Waals surface area (Å²) in [7, 11) is 0. The largest absolute Gasteiger partial charge is 0.476 e. The maximum absolute atomic E-state index is 11.7. The average molecular weight is 281 g/mol. The zero-order valence-corrected chi connectivity index (χ0v) is 11.8. The molecule has 20 heavy (non-hydrogen) atoms. The Hall–Kier alpha value is -2.05. The molecule has 0 saturated carbocycles. The summed E-state index contributed by atoms with van der Waals surface area (Å²) in [5.41, 5.74) is 1.05. The van der Waals surface area contributed by atoms with Crippen molar-refractivity contribution in [1.29, 1.82) is 0 Å². The number of nitrogens with one attached hydrogen (secondary N) is 2. The van der Waals surface area contributed by atoms with Crippen molar-refractivity contribution in [3.05, 3.63) is 17.0 Å². The molecule has 0 fully saturated rings. The second-order valence-corrected chi connectivity index (χ2v) is 5.92. The first-order chi connectivity index (χ1) is 9.26. The van der Waals surface area contributed by atoms with E-state index in [0.29, 0.717) is 19.3 Å². The van der Waals surface area contributed by atoms with E-state index in [4.69, 9.17) is 9.84 Å². The fourth-order valence-electron chi connectivity index (χ4n) is 2.28. The van der Waals surface area contributed by atoms with E-state index in [9.17, 15) is 9.59 Å². The Labute approximate surface area is 116 Å². The van der Waals surface area contributed by atoms with Crippen molar-refractivity contribution in [2.24, 2.45) is 0 Å². The molecule has 3 N–H and O–H groups in total. The molecule has 2 rings (SSSR count). The summed E-state index contributed by atoms with van der Waals surface area (Å²) in [5, 5.41) is 18.3. The van der Waals surface area contributed by atoms with Crippen LogP contribution in [-0.4, -0.2) is 39.0 Å². The molecule has 0 aromatic carbocycles. The van der Waals surface area contributed by atoms with Crippen molar-refractivity contribution in [3.63, 3.8) is 0 Å². The maximum atomic E-state index is 11.7. The third-order valence-corrected chi connectivity index (χ3v) is 3.07. The Bertz CT molecular complexity index is 530. The lowest BCUT2D eigenvalue weighted by molar-refractivity contribution is 0.0498. The number of fused-ring (bicyclic) bond motifs is 1. The van der Waals surface area contributed by atoms with Gasteiger partial charge in [0.15, 0.2) is 5.69 Å². The van der Waals surface area contributed by atoms with E-state index in [-0.39, 0.29) is 11.7 Å². The van der Waals surface area contributed by atoms with Gasteiger partial charge in [0.2, 0.25) is 0 Å². The summed E-state index contributed by atoms with van der Waals surface area (Å²) in [5.74, 6) is -1.03. The Balaban J connectivity index is 1.98. The number of hydrogen-bond acceptors (Lipinski definition) is 4. The van der Waals surface area contributed by atoms with E-state index < -0.39 is 17.7 Å². The van der Waals surface area contributed by atoms with Crippen molar-refractivity contribution < 1.29 is 19.4 Å². The Kier molecular flexibility index (Phi) is 3.69. The molecule has 0 saturated heterocycles. The Morgan fingerprint density at radius 3 is 2.75 bits per heavy atom. The number of H-pyrrole nitrogens is 1. The molecule has 1 heterocycles. The lowest BCUT2D eigenvalue weighted by atomic mass is 9.92. The summed E-state index contributed by atoms with van der Waals surface area (Å²) in [6, 6.07) is -0.0700. The normalized spacial score (nSPS) is 18.2. The summed E-state index contributed by atoms with van der Waals surface area (Å²) in [6.45, 7) is 5.42. The number of aromatic amines is 1. The van der Waals surface area contributed by atoms with Gasteiger partial charge in [0, 0.05) is 23.7 Å². The predicted octanol–water partition coefficient (Wildman–Crippen LogP) is 1.49. The third-order valence-electron chi connectivity index (χ3n) is 3.07. The third kappa shape index (κ3) is 3.28. The van der Waals surface area contributed by atoms with Gasteiger partial charge in [-0.2, -0.15) is 5.10 Å². The number of carbonyl (C=O) groups is 2. The molecule has 7 nitrogen and oxygen atoms in total. The monoisotopic (exact) mass is 281 g/mol. The molecule has 1 aromatic rings. The minimum Gasteiger partial charge on any atom is -0.476 e. The number of aromatic nitrogens is 2. The molecule has 7 heteroatoms. The Morgan fingerprint density at radius 1 is 1.45 bits per heavy atom. The lowest BCUT2D eigenvalue weighted by Gasteiger charge is -2.25. The molecule has 0 spiro atoms. The standard InChI is InChI=1S/C13H19N3O4/c1-13(2,3)20-12(19)14-7-4-5-8-9(6-7)15-16-10(8)11(17)18/h7H,4-6H2,1-3H3,(H,14,19)(H,15,16)(H,17,18). The average Bonchev–Trinajstić information content (AvgIpc) is 2.68. The van der Waals surface area contributed by atoms with Gasteiger partial charge in [-0.15, -0.1) is 0 Å². The van der Waals surface area contributed by atoms with Gasteiger partial charge in [-0.05, 0) is 33.6 Å². The van der Waals surface area contributed by atoms with Crippen LogP contribution in [-0.2, 0) is 17.6 Å². The first kappa shape index (κ1) is 14.4. The predicted molar refractivity (Wildman–Crippen MR) is 70.7 cm³/mol. The van der Waals surface area contributed by atoms with Gasteiger partial charge in [-0.3, -0.25) is 5.10 Å². The highest BCUT2D eigenvalue weighted by Gasteiger charge is 2.28. The van der Waals surface area contributed by atoms with Crippen molar-refractivity contribution in [3.8, 4) is 0 Å². The first-order valence-corrected chi connectivity index (χ1v) is 6.55. The Morgan fingerprint density at radius 2 is 2.15 bits per heavy atom. The van der Waals surface area contributed by atoms with Crippen LogP contribution in [0.5, 0.6) is 0 Å². The minimum atomic E-state index is -1.03. The topological polar surface area (TPSA) is 104 Å². The minimum absolute atomic E-state index is 0.0700. The van der Waals surface area contributed by atoms with Crippen LogP contribution in [0.2, 0.25) is 0 Å². The van der Waals surface area contributed by atoms with Gasteiger partial charge in [0.25, 0.3) is 0 Å². The summed E-state index contributed by atoms with van der Waals surface area (Å²) < 4.78 is 5.20. The van der Waals surface area contributed by atoms with Gasteiger partial charge in [0.05, 0.1) is 0 Å². The molecule has 1 aromatic heterocycles. The fourth-order valence-corrected chi connectivity index (χ4v) is 2.28. The van der Waals surface area contributed by atoms with Crippen molar-refractivity contribution in [2.75, 3.05) is 0 Å².